The summed E-state index contributed by atoms with van der Waals surface area (Å²) in [7, 11) is -0.669. The Morgan fingerprint density at radius 3 is 2.63 bits per heavy atom. The molecule has 0 saturated carbocycles. The molecule has 162 valence electrons. The highest BCUT2D eigenvalue weighted by Crippen LogP contribution is 2.27. The summed E-state index contributed by atoms with van der Waals surface area (Å²) >= 11 is 0. The van der Waals surface area contributed by atoms with Crippen LogP contribution in [0.2, 0.25) is 0 Å². The SMILES string of the molecule is Cc1cc(S(=O)(=O)N(C)C)cc(NC(=O)c2ccccc2OCC2CCCO2)c1C. The zero-order valence-electron chi connectivity index (χ0n) is 17.8. The van der Waals surface area contributed by atoms with Gasteiger partial charge in [-0.25, -0.2) is 12.7 Å². The van der Waals surface area contributed by atoms with Crippen LogP contribution in [0.25, 0.3) is 0 Å². The topological polar surface area (TPSA) is 84.9 Å². The van der Waals surface area contributed by atoms with E-state index in [2.05, 4.69) is 5.32 Å². The van der Waals surface area contributed by atoms with Crippen LogP contribution >= 0.6 is 0 Å². The Balaban J connectivity index is 1.85. The number of carbonyl (C=O) groups is 1. The number of aryl methyl sites for hydroxylation is 1. The van der Waals surface area contributed by atoms with E-state index in [-0.39, 0.29) is 16.9 Å². The Morgan fingerprint density at radius 1 is 1.23 bits per heavy atom. The van der Waals surface area contributed by atoms with Crippen LogP contribution in [0.15, 0.2) is 41.3 Å². The maximum absolute atomic E-state index is 13.0. The van der Waals surface area contributed by atoms with Crippen LogP contribution in [0.5, 0.6) is 5.75 Å². The lowest BCUT2D eigenvalue weighted by Gasteiger charge is -2.17. The van der Waals surface area contributed by atoms with Gasteiger partial charge < -0.3 is 14.8 Å². The Bertz CT molecular complexity index is 1030. The predicted octanol–water partition coefficient (Wildman–Crippen LogP) is 3.36. The van der Waals surface area contributed by atoms with Gasteiger partial charge in [-0.1, -0.05) is 12.1 Å². The first-order chi connectivity index (χ1) is 14.2. The monoisotopic (exact) mass is 432 g/mol. The number of rotatable bonds is 7. The van der Waals surface area contributed by atoms with Crippen LogP contribution in [0.1, 0.15) is 34.3 Å². The number of hydrogen-bond acceptors (Lipinski definition) is 5. The molecule has 1 N–H and O–H groups in total. The summed E-state index contributed by atoms with van der Waals surface area (Å²) < 4.78 is 37.7. The third kappa shape index (κ3) is 4.83. The number of carbonyl (C=O) groups excluding carboxylic acids is 1. The van der Waals surface area contributed by atoms with Gasteiger partial charge in [0.25, 0.3) is 5.91 Å². The largest absolute Gasteiger partial charge is 0.490 e. The number of benzene rings is 2. The van der Waals surface area contributed by atoms with E-state index in [1.165, 1.54) is 20.2 Å². The predicted molar refractivity (Wildman–Crippen MR) is 116 cm³/mol. The fourth-order valence-electron chi connectivity index (χ4n) is 3.24. The van der Waals surface area contributed by atoms with Gasteiger partial charge in [-0.2, -0.15) is 0 Å². The molecule has 0 bridgehead atoms. The van der Waals surface area contributed by atoms with Crippen LogP contribution in [-0.2, 0) is 14.8 Å². The fraction of sp³-hybridized carbons (Fsp3) is 0.409. The van der Waals surface area contributed by atoms with Crippen molar-refractivity contribution in [3.8, 4) is 5.75 Å². The molecule has 1 aliphatic rings. The van der Waals surface area contributed by atoms with Crippen molar-refractivity contribution >= 4 is 21.6 Å². The van der Waals surface area contributed by atoms with Crippen molar-refractivity contribution in [1.29, 1.82) is 0 Å². The highest BCUT2D eigenvalue weighted by atomic mass is 32.2. The van der Waals surface area contributed by atoms with Gasteiger partial charge in [0, 0.05) is 26.4 Å². The lowest BCUT2D eigenvalue weighted by molar-refractivity contribution is 0.0673. The number of sulfonamides is 1. The average molecular weight is 433 g/mol. The van der Waals surface area contributed by atoms with E-state index in [0.29, 0.717) is 23.6 Å². The second kappa shape index (κ2) is 9.16. The normalized spacial score (nSPS) is 16.6. The van der Waals surface area contributed by atoms with Crippen LogP contribution in [-0.4, -0.2) is 52.0 Å². The van der Waals surface area contributed by atoms with Crippen molar-refractivity contribution in [3.63, 3.8) is 0 Å². The van der Waals surface area contributed by atoms with Crippen molar-refractivity contribution in [3.05, 3.63) is 53.1 Å². The molecule has 8 heteroatoms. The molecular weight excluding hydrogens is 404 g/mol. The first kappa shape index (κ1) is 22.3. The van der Waals surface area contributed by atoms with Gasteiger partial charge in [0.05, 0.1) is 16.6 Å². The zero-order valence-corrected chi connectivity index (χ0v) is 18.6. The average Bonchev–Trinajstić information content (AvgIpc) is 3.23. The third-order valence-electron chi connectivity index (χ3n) is 5.25. The molecule has 0 aromatic heterocycles. The minimum Gasteiger partial charge on any atom is -0.490 e. The van der Waals surface area contributed by atoms with Gasteiger partial charge in [0.1, 0.15) is 12.4 Å². The summed E-state index contributed by atoms with van der Waals surface area (Å²) in [6.07, 6.45) is 2.00. The Labute approximate surface area is 178 Å². The van der Waals surface area contributed by atoms with E-state index in [1.54, 1.807) is 30.3 Å². The standard InChI is InChI=1S/C22H28N2O5S/c1-15-12-18(30(26,27)24(3)4)13-20(16(15)2)23-22(25)19-9-5-6-10-21(19)29-14-17-8-7-11-28-17/h5-6,9-10,12-13,17H,7-8,11,14H2,1-4H3,(H,23,25). The van der Waals surface area contributed by atoms with Gasteiger partial charge in [-0.3, -0.25) is 4.79 Å². The summed E-state index contributed by atoms with van der Waals surface area (Å²) in [6.45, 7) is 4.79. The molecule has 3 rings (SSSR count). The Morgan fingerprint density at radius 2 is 1.97 bits per heavy atom. The van der Waals surface area contributed by atoms with Crippen LogP contribution in [0.4, 0.5) is 5.69 Å². The molecule has 2 aromatic carbocycles. The van der Waals surface area contributed by atoms with Gasteiger partial charge >= 0.3 is 0 Å². The first-order valence-corrected chi connectivity index (χ1v) is 11.3. The highest BCUT2D eigenvalue weighted by molar-refractivity contribution is 7.89. The number of hydrogen-bond donors (Lipinski definition) is 1. The summed E-state index contributed by atoms with van der Waals surface area (Å²) in [5.74, 6) is 0.108. The van der Waals surface area contributed by atoms with Crippen LogP contribution in [0, 0.1) is 13.8 Å². The molecule has 0 spiro atoms. The minimum absolute atomic E-state index is 0.0407. The molecule has 0 aliphatic carbocycles. The van der Waals surface area contributed by atoms with Crippen molar-refractivity contribution in [2.75, 3.05) is 32.6 Å². The summed E-state index contributed by atoms with van der Waals surface area (Å²) in [4.78, 5) is 13.1. The van der Waals surface area contributed by atoms with Crippen LogP contribution in [0.3, 0.4) is 0 Å². The summed E-state index contributed by atoms with van der Waals surface area (Å²) in [6, 6.07) is 10.1. The molecule has 1 unspecified atom stereocenters. The number of ether oxygens (including phenoxy) is 2. The quantitative estimate of drug-likeness (QED) is 0.725. The van der Waals surface area contributed by atoms with Gasteiger partial charge in [-0.05, 0) is 62.1 Å². The van der Waals surface area contributed by atoms with E-state index in [0.717, 1.165) is 34.9 Å². The smallest absolute Gasteiger partial charge is 0.259 e. The fourth-order valence-corrected chi connectivity index (χ4v) is 4.26. The van der Waals surface area contributed by atoms with Crippen molar-refractivity contribution in [1.82, 2.24) is 4.31 Å². The molecule has 1 aliphatic heterocycles. The Kier molecular flexibility index (Phi) is 6.80. The maximum Gasteiger partial charge on any atom is 0.259 e. The van der Waals surface area contributed by atoms with Gasteiger partial charge in [0.15, 0.2) is 0 Å². The molecule has 2 aromatic rings. The molecule has 30 heavy (non-hydrogen) atoms. The number of anilines is 1. The number of para-hydroxylation sites is 1. The number of nitrogens with one attached hydrogen (secondary N) is 1. The molecular formula is C22H28N2O5S. The highest BCUT2D eigenvalue weighted by Gasteiger charge is 2.22. The lowest BCUT2D eigenvalue weighted by Crippen LogP contribution is -2.23. The van der Waals surface area contributed by atoms with Gasteiger partial charge in [-0.15, -0.1) is 0 Å². The van der Waals surface area contributed by atoms with E-state index < -0.39 is 10.0 Å². The van der Waals surface area contributed by atoms with Crippen molar-refractivity contribution < 1.29 is 22.7 Å². The second-order valence-electron chi connectivity index (χ2n) is 7.60. The number of nitrogens with zero attached hydrogens (tertiary/aromatic N) is 1. The number of amides is 1. The molecule has 1 fully saturated rings. The van der Waals surface area contributed by atoms with E-state index in [1.807, 2.05) is 13.8 Å². The van der Waals surface area contributed by atoms with Crippen molar-refractivity contribution in [2.24, 2.45) is 0 Å². The maximum atomic E-state index is 13.0. The van der Waals surface area contributed by atoms with E-state index in [9.17, 15) is 13.2 Å². The summed E-state index contributed by atoms with van der Waals surface area (Å²) in [5.41, 5.74) is 2.41. The van der Waals surface area contributed by atoms with E-state index >= 15 is 0 Å². The van der Waals surface area contributed by atoms with Crippen molar-refractivity contribution in [2.45, 2.75) is 37.7 Å². The molecule has 1 amide bonds. The van der Waals surface area contributed by atoms with Gasteiger partial charge in [0.2, 0.25) is 10.0 Å². The first-order valence-electron chi connectivity index (χ1n) is 9.88. The molecule has 0 radical (unpaired) electrons. The van der Waals surface area contributed by atoms with Crippen LogP contribution < -0.4 is 10.1 Å². The Hall–Kier alpha value is -2.42. The zero-order chi connectivity index (χ0) is 21.9. The second-order valence-corrected chi connectivity index (χ2v) is 9.75. The lowest BCUT2D eigenvalue weighted by atomic mass is 10.1. The molecule has 1 saturated heterocycles. The molecule has 1 heterocycles. The van der Waals surface area contributed by atoms with E-state index in [4.69, 9.17) is 9.47 Å². The molecule has 1 atom stereocenters. The summed E-state index contributed by atoms with van der Waals surface area (Å²) in [5, 5.41) is 2.85. The molecule has 7 nitrogen and oxygen atoms in total. The minimum atomic E-state index is -3.62. The third-order valence-corrected chi connectivity index (χ3v) is 7.04.